The van der Waals surface area contributed by atoms with Gasteiger partial charge in [-0.2, -0.15) is 5.10 Å². The second-order valence-electron chi connectivity index (χ2n) is 4.46. The van der Waals surface area contributed by atoms with E-state index in [-0.39, 0.29) is 0 Å². The van der Waals surface area contributed by atoms with Crippen LogP contribution in [-0.2, 0) is 6.42 Å². The maximum atomic E-state index is 4.36. The van der Waals surface area contributed by atoms with Crippen molar-refractivity contribution in [1.82, 2.24) is 24.6 Å². The SMILES string of the molecule is Cc1cc2c(NCCCc3ncc[nH]3)nccn2n1. The molecule has 0 aliphatic carbocycles. The zero-order valence-electron chi connectivity index (χ0n) is 10.8. The molecule has 0 spiro atoms. The molecule has 0 aliphatic rings. The van der Waals surface area contributed by atoms with Gasteiger partial charge in [0.05, 0.1) is 5.69 Å². The molecule has 0 bridgehead atoms. The average Bonchev–Trinajstić information content (AvgIpc) is 3.02. The van der Waals surface area contributed by atoms with Gasteiger partial charge in [0, 0.05) is 37.8 Å². The molecule has 2 N–H and O–H groups in total. The lowest BCUT2D eigenvalue weighted by Gasteiger charge is -2.05. The standard InChI is InChI=1S/C13H16N6/c1-10-9-11-13(17-7-8-19(11)18-10)16-4-2-3-12-14-5-6-15-12/h5-9H,2-4H2,1H3,(H,14,15)(H,16,17). The number of rotatable bonds is 5. The molecule has 3 aromatic rings. The Labute approximate surface area is 110 Å². The molecular formula is C13H16N6. The van der Waals surface area contributed by atoms with Gasteiger partial charge in [-0.1, -0.05) is 0 Å². The molecule has 0 atom stereocenters. The van der Waals surface area contributed by atoms with Crippen LogP contribution in [0.1, 0.15) is 17.9 Å². The van der Waals surface area contributed by atoms with E-state index in [0.29, 0.717) is 0 Å². The zero-order valence-corrected chi connectivity index (χ0v) is 10.8. The van der Waals surface area contributed by atoms with E-state index < -0.39 is 0 Å². The molecule has 0 saturated heterocycles. The summed E-state index contributed by atoms with van der Waals surface area (Å²) in [5, 5.41) is 7.71. The monoisotopic (exact) mass is 256 g/mol. The van der Waals surface area contributed by atoms with Gasteiger partial charge in [0.15, 0.2) is 5.82 Å². The molecule has 0 unspecified atom stereocenters. The van der Waals surface area contributed by atoms with E-state index >= 15 is 0 Å². The highest BCUT2D eigenvalue weighted by molar-refractivity contribution is 5.67. The number of H-pyrrole nitrogens is 1. The number of hydrogen-bond acceptors (Lipinski definition) is 4. The van der Waals surface area contributed by atoms with E-state index in [0.717, 1.165) is 42.2 Å². The molecule has 6 heteroatoms. The normalized spacial score (nSPS) is 11.0. The number of fused-ring (bicyclic) bond motifs is 1. The number of imidazole rings is 1. The Morgan fingerprint density at radius 1 is 1.32 bits per heavy atom. The number of aryl methyl sites for hydroxylation is 2. The van der Waals surface area contributed by atoms with Gasteiger partial charge in [-0.05, 0) is 19.4 Å². The minimum atomic E-state index is 0.859. The molecule has 0 amide bonds. The molecule has 0 aromatic carbocycles. The molecule has 0 radical (unpaired) electrons. The average molecular weight is 256 g/mol. The van der Waals surface area contributed by atoms with Crippen LogP contribution in [0.2, 0.25) is 0 Å². The first-order valence-electron chi connectivity index (χ1n) is 6.36. The van der Waals surface area contributed by atoms with Crippen molar-refractivity contribution in [2.45, 2.75) is 19.8 Å². The number of nitrogens with zero attached hydrogens (tertiary/aromatic N) is 4. The maximum Gasteiger partial charge on any atom is 0.152 e. The summed E-state index contributed by atoms with van der Waals surface area (Å²) >= 11 is 0. The van der Waals surface area contributed by atoms with Crippen LogP contribution in [-0.4, -0.2) is 31.1 Å². The van der Waals surface area contributed by atoms with E-state index in [4.69, 9.17) is 0 Å². The smallest absolute Gasteiger partial charge is 0.152 e. The third-order valence-corrected chi connectivity index (χ3v) is 2.95. The van der Waals surface area contributed by atoms with Crippen molar-refractivity contribution < 1.29 is 0 Å². The van der Waals surface area contributed by atoms with Gasteiger partial charge in [0.1, 0.15) is 11.3 Å². The predicted octanol–water partition coefficient (Wildman–Crippen LogP) is 1.81. The Balaban J connectivity index is 1.62. The lowest BCUT2D eigenvalue weighted by Crippen LogP contribution is -2.06. The molecule has 3 heterocycles. The number of hydrogen-bond donors (Lipinski definition) is 2. The third-order valence-electron chi connectivity index (χ3n) is 2.95. The largest absolute Gasteiger partial charge is 0.368 e. The van der Waals surface area contributed by atoms with Gasteiger partial charge in [-0.3, -0.25) is 0 Å². The summed E-state index contributed by atoms with van der Waals surface area (Å²) in [7, 11) is 0. The Bertz CT molecular complexity index is 655. The van der Waals surface area contributed by atoms with Crippen LogP contribution in [0, 0.1) is 6.92 Å². The van der Waals surface area contributed by atoms with Gasteiger partial charge in [-0.25, -0.2) is 14.5 Å². The van der Waals surface area contributed by atoms with Gasteiger partial charge in [0.2, 0.25) is 0 Å². The fourth-order valence-corrected chi connectivity index (χ4v) is 2.08. The lowest BCUT2D eigenvalue weighted by atomic mass is 10.3. The van der Waals surface area contributed by atoms with Crippen molar-refractivity contribution >= 4 is 11.3 Å². The molecule has 0 fully saturated rings. The van der Waals surface area contributed by atoms with Crippen LogP contribution < -0.4 is 5.32 Å². The van der Waals surface area contributed by atoms with E-state index in [9.17, 15) is 0 Å². The van der Waals surface area contributed by atoms with Crippen molar-refractivity contribution in [1.29, 1.82) is 0 Å². The number of aromatic amines is 1. The van der Waals surface area contributed by atoms with Crippen LogP contribution in [0.4, 0.5) is 5.82 Å². The molecule has 98 valence electrons. The van der Waals surface area contributed by atoms with Crippen LogP contribution in [0.25, 0.3) is 5.52 Å². The van der Waals surface area contributed by atoms with Gasteiger partial charge in [0.25, 0.3) is 0 Å². The molecular weight excluding hydrogens is 240 g/mol. The van der Waals surface area contributed by atoms with Crippen LogP contribution in [0.15, 0.2) is 30.9 Å². The summed E-state index contributed by atoms with van der Waals surface area (Å²) in [6, 6.07) is 2.03. The first kappa shape index (κ1) is 11.7. The Kier molecular flexibility index (Phi) is 3.14. The van der Waals surface area contributed by atoms with E-state index in [1.165, 1.54) is 0 Å². The van der Waals surface area contributed by atoms with Crippen molar-refractivity contribution in [2.24, 2.45) is 0 Å². The second kappa shape index (κ2) is 5.09. The van der Waals surface area contributed by atoms with Crippen molar-refractivity contribution in [3.8, 4) is 0 Å². The number of aromatic nitrogens is 5. The highest BCUT2D eigenvalue weighted by Crippen LogP contribution is 2.14. The summed E-state index contributed by atoms with van der Waals surface area (Å²) in [5.74, 6) is 1.90. The van der Waals surface area contributed by atoms with Gasteiger partial charge in [-0.15, -0.1) is 0 Å². The summed E-state index contributed by atoms with van der Waals surface area (Å²) in [6.45, 7) is 2.84. The van der Waals surface area contributed by atoms with Crippen molar-refractivity contribution in [3.05, 3.63) is 42.4 Å². The van der Waals surface area contributed by atoms with Crippen LogP contribution in [0.3, 0.4) is 0 Å². The van der Waals surface area contributed by atoms with E-state index in [1.807, 2.05) is 29.9 Å². The molecule has 19 heavy (non-hydrogen) atoms. The molecule has 3 aromatic heterocycles. The zero-order chi connectivity index (χ0) is 13.1. The third kappa shape index (κ3) is 2.57. The van der Waals surface area contributed by atoms with Gasteiger partial charge < -0.3 is 10.3 Å². The van der Waals surface area contributed by atoms with Crippen molar-refractivity contribution in [3.63, 3.8) is 0 Å². The topological polar surface area (TPSA) is 70.9 Å². The number of nitrogens with one attached hydrogen (secondary N) is 2. The summed E-state index contributed by atoms with van der Waals surface area (Å²) in [5.41, 5.74) is 2.00. The first-order valence-corrected chi connectivity index (χ1v) is 6.36. The fraction of sp³-hybridized carbons (Fsp3) is 0.308. The molecule has 0 saturated carbocycles. The van der Waals surface area contributed by atoms with Gasteiger partial charge >= 0.3 is 0 Å². The Morgan fingerprint density at radius 2 is 2.26 bits per heavy atom. The minimum absolute atomic E-state index is 0.859. The summed E-state index contributed by atoms with van der Waals surface area (Å²) < 4.78 is 1.84. The highest BCUT2D eigenvalue weighted by atomic mass is 15.2. The number of anilines is 1. The predicted molar refractivity (Wildman–Crippen MR) is 73.1 cm³/mol. The summed E-state index contributed by atoms with van der Waals surface area (Å²) in [4.78, 5) is 11.7. The maximum absolute atomic E-state index is 4.36. The summed E-state index contributed by atoms with van der Waals surface area (Å²) in [6.07, 6.45) is 9.18. The van der Waals surface area contributed by atoms with Crippen LogP contribution >= 0.6 is 0 Å². The highest BCUT2D eigenvalue weighted by Gasteiger charge is 2.04. The van der Waals surface area contributed by atoms with Crippen LogP contribution in [0.5, 0.6) is 0 Å². The minimum Gasteiger partial charge on any atom is -0.368 e. The lowest BCUT2D eigenvalue weighted by molar-refractivity contribution is 0.813. The molecule has 3 rings (SSSR count). The molecule has 6 nitrogen and oxygen atoms in total. The fourth-order valence-electron chi connectivity index (χ4n) is 2.08. The van der Waals surface area contributed by atoms with E-state index in [1.54, 1.807) is 12.4 Å². The first-order chi connectivity index (χ1) is 9.33. The Hall–Kier alpha value is -2.37. The Morgan fingerprint density at radius 3 is 3.11 bits per heavy atom. The molecule has 0 aliphatic heterocycles. The second-order valence-corrected chi connectivity index (χ2v) is 4.46. The van der Waals surface area contributed by atoms with E-state index in [2.05, 4.69) is 25.4 Å². The quantitative estimate of drug-likeness (QED) is 0.683. The van der Waals surface area contributed by atoms with Crippen molar-refractivity contribution in [2.75, 3.05) is 11.9 Å².